The Balaban J connectivity index is 2.14. The summed E-state index contributed by atoms with van der Waals surface area (Å²) in [7, 11) is -3.56. The van der Waals surface area contributed by atoms with Crippen molar-refractivity contribution in [3.8, 4) is 0 Å². The van der Waals surface area contributed by atoms with Crippen LogP contribution >= 0.6 is 11.8 Å². The van der Waals surface area contributed by atoms with Crippen LogP contribution in [0.15, 0.2) is 47.4 Å². The standard InChI is InChI=1S/C16H18N2O3S2/c1-11-3-8-14(22-2)9-15(11)16(19)18-13-6-4-12(5-7-13)10-23(17,20)21/h3-9H,10H2,1-2H3,(H,18,19)(H2,17,20,21). The molecule has 1 amide bonds. The van der Waals surface area contributed by atoms with Crippen molar-refractivity contribution in [1.82, 2.24) is 0 Å². The highest BCUT2D eigenvalue weighted by Crippen LogP contribution is 2.20. The first-order valence-electron chi connectivity index (χ1n) is 6.84. The van der Waals surface area contributed by atoms with Gasteiger partial charge in [0.2, 0.25) is 10.0 Å². The summed E-state index contributed by atoms with van der Waals surface area (Å²) < 4.78 is 22.1. The van der Waals surface area contributed by atoms with Crippen molar-refractivity contribution in [3.63, 3.8) is 0 Å². The second-order valence-electron chi connectivity index (χ2n) is 5.14. The molecule has 3 N–H and O–H groups in total. The first-order valence-corrected chi connectivity index (χ1v) is 9.78. The van der Waals surface area contributed by atoms with E-state index in [4.69, 9.17) is 5.14 Å². The number of amides is 1. The number of nitrogens with one attached hydrogen (secondary N) is 1. The minimum Gasteiger partial charge on any atom is -0.322 e. The third-order valence-corrected chi connectivity index (χ3v) is 4.73. The Morgan fingerprint density at radius 1 is 1.17 bits per heavy atom. The summed E-state index contributed by atoms with van der Waals surface area (Å²) in [5.41, 5.74) is 2.68. The normalized spacial score (nSPS) is 11.3. The summed E-state index contributed by atoms with van der Waals surface area (Å²) in [6.07, 6.45) is 1.95. The van der Waals surface area contributed by atoms with Crippen molar-refractivity contribution in [2.24, 2.45) is 5.14 Å². The number of nitrogens with two attached hydrogens (primary N) is 1. The fourth-order valence-corrected chi connectivity index (χ4v) is 3.18. The fraction of sp³-hybridized carbons (Fsp3) is 0.188. The number of carbonyl (C=O) groups excluding carboxylic acids is 1. The summed E-state index contributed by atoms with van der Waals surface area (Å²) in [5.74, 6) is -0.423. The molecule has 0 aliphatic heterocycles. The molecule has 0 saturated carbocycles. The third-order valence-electron chi connectivity index (χ3n) is 3.27. The molecule has 0 saturated heterocycles. The van der Waals surface area contributed by atoms with Crippen molar-refractivity contribution in [1.29, 1.82) is 0 Å². The highest BCUT2D eigenvalue weighted by atomic mass is 32.2. The predicted molar refractivity (Wildman–Crippen MR) is 94.2 cm³/mol. The molecule has 7 heteroatoms. The molecule has 2 rings (SSSR count). The Hall–Kier alpha value is -1.83. The van der Waals surface area contributed by atoms with Crippen LogP contribution in [0.25, 0.3) is 0 Å². The molecule has 0 spiro atoms. The van der Waals surface area contributed by atoms with Gasteiger partial charge in [-0.1, -0.05) is 18.2 Å². The lowest BCUT2D eigenvalue weighted by molar-refractivity contribution is 0.102. The van der Waals surface area contributed by atoms with Gasteiger partial charge in [-0.2, -0.15) is 0 Å². The molecule has 2 aromatic carbocycles. The Kier molecular flexibility index (Phi) is 5.46. The van der Waals surface area contributed by atoms with Gasteiger partial charge >= 0.3 is 0 Å². The molecular formula is C16H18N2O3S2. The molecule has 23 heavy (non-hydrogen) atoms. The van der Waals surface area contributed by atoms with Crippen LogP contribution < -0.4 is 10.5 Å². The van der Waals surface area contributed by atoms with Crippen LogP contribution in [0.1, 0.15) is 21.5 Å². The molecule has 0 bridgehead atoms. The lowest BCUT2D eigenvalue weighted by Crippen LogP contribution is -2.15. The van der Waals surface area contributed by atoms with Crippen molar-refractivity contribution in [2.75, 3.05) is 11.6 Å². The predicted octanol–water partition coefficient (Wildman–Crippen LogP) is 2.76. The molecule has 0 aromatic heterocycles. The second-order valence-corrected chi connectivity index (χ2v) is 7.63. The Bertz CT molecular complexity index is 816. The Morgan fingerprint density at radius 3 is 2.39 bits per heavy atom. The lowest BCUT2D eigenvalue weighted by atomic mass is 10.1. The molecule has 0 atom stereocenters. The first-order chi connectivity index (χ1) is 10.8. The molecule has 2 aromatic rings. The van der Waals surface area contributed by atoms with Gasteiger partial charge in [-0.3, -0.25) is 4.79 Å². The van der Waals surface area contributed by atoms with E-state index in [2.05, 4.69) is 5.32 Å². The maximum atomic E-state index is 12.4. The van der Waals surface area contributed by atoms with Crippen LogP contribution in [0.5, 0.6) is 0 Å². The lowest BCUT2D eigenvalue weighted by Gasteiger charge is -2.09. The molecule has 122 valence electrons. The first kappa shape index (κ1) is 17.5. The van der Waals surface area contributed by atoms with Gasteiger partial charge < -0.3 is 5.32 Å². The minimum atomic E-state index is -3.56. The molecule has 0 aliphatic carbocycles. The summed E-state index contributed by atoms with van der Waals surface area (Å²) in [6, 6.07) is 12.3. The van der Waals surface area contributed by atoms with Crippen LogP contribution in [0, 0.1) is 6.92 Å². The Labute approximate surface area is 140 Å². The van der Waals surface area contributed by atoms with E-state index in [1.165, 1.54) is 0 Å². The number of hydrogen-bond donors (Lipinski definition) is 2. The van der Waals surface area contributed by atoms with Crippen LogP contribution in [0.2, 0.25) is 0 Å². The minimum absolute atomic E-state index is 0.197. The number of carbonyl (C=O) groups is 1. The second kappa shape index (κ2) is 7.16. The number of rotatable bonds is 5. The molecule has 0 unspecified atom stereocenters. The van der Waals surface area contributed by atoms with Gasteiger partial charge in [-0.15, -0.1) is 11.8 Å². The van der Waals surface area contributed by atoms with Gasteiger partial charge in [0.1, 0.15) is 0 Å². The summed E-state index contributed by atoms with van der Waals surface area (Å²) >= 11 is 1.57. The van der Waals surface area contributed by atoms with Crippen LogP contribution in [0.4, 0.5) is 5.69 Å². The zero-order valence-corrected chi connectivity index (χ0v) is 14.5. The molecular weight excluding hydrogens is 332 g/mol. The number of primary sulfonamides is 1. The van der Waals surface area contributed by atoms with Gasteiger partial charge in [-0.05, 0) is 48.6 Å². The van der Waals surface area contributed by atoms with Gasteiger partial charge in [0.25, 0.3) is 5.91 Å². The zero-order valence-electron chi connectivity index (χ0n) is 12.9. The van der Waals surface area contributed by atoms with Crippen LogP contribution in [-0.4, -0.2) is 20.6 Å². The molecule has 0 aliphatic rings. The van der Waals surface area contributed by atoms with E-state index in [0.29, 0.717) is 16.8 Å². The van der Waals surface area contributed by atoms with Gasteiger partial charge in [0.15, 0.2) is 0 Å². The van der Waals surface area contributed by atoms with E-state index in [0.717, 1.165) is 10.5 Å². The summed E-state index contributed by atoms with van der Waals surface area (Å²) in [4.78, 5) is 13.4. The van der Waals surface area contributed by atoms with Crippen molar-refractivity contribution in [3.05, 3.63) is 59.2 Å². The van der Waals surface area contributed by atoms with Gasteiger partial charge in [0.05, 0.1) is 5.75 Å². The number of hydrogen-bond acceptors (Lipinski definition) is 4. The number of sulfonamides is 1. The zero-order chi connectivity index (χ0) is 17.0. The highest BCUT2D eigenvalue weighted by Gasteiger charge is 2.11. The molecule has 5 nitrogen and oxygen atoms in total. The third kappa shape index (κ3) is 5.09. The smallest absolute Gasteiger partial charge is 0.255 e. The maximum Gasteiger partial charge on any atom is 0.255 e. The van der Waals surface area contributed by atoms with E-state index < -0.39 is 10.0 Å². The monoisotopic (exact) mass is 350 g/mol. The molecule has 0 radical (unpaired) electrons. The molecule has 0 heterocycles. The van der Waals surface area contributed by atoms with E-state index in [1.807, 2.05) is 31.4 Å². The van der Waals surface area contributed by atoms with Gasteiger partial charge in [0, 0.05) is 16.1 Å². The van der Waals surface area contributed by atoms with Crippen molar-refractivity contribution < 1.29 is 13.2 Å². The number of thioether (sulfide) groups is 1. The SMILES string of the molecule is CSc1ccc(C)c(C(=O)Nc2ccc(CS(N)(=O)=O)cc2)c1. The van der Waals surface area contributed by atoms with E-state index in [1.54, 1.807) is 36.0 Å². The van der Waals surface area contributed by atoms with Crippen molar-refractivity contribution in [2.45, 2.75) is 17.6 Å². The summed E-state index contributed by atoms with van der Waals surface area (Å²) in [6.45, 7) is 1.88. The quantitative estimate of drug-likeness (QED) is 0.812. The average molecular weight is 350 g/mol. The van der Waals surface area contributed by atoms with Crippen molar-refractivity contribution >= 4 is 33.4 Å². The molecule has 0 fully saturated rings. The average Bonchev–Trinajstić information content (AvgIpc) is 2.48. The largest absolute Gasteiger partial charge is 0.322 e. The van der Waals surface area contributed by atoms with E-state index >= 15 is 0 Å². The fourth-order valence-electron chi connectivity index (χ4n) is 2.09. The maximum absolute atomic E-state index is 12.4. The topological polar surface area (TPSA) is 89.3 Å². The van der Waals surface area contributed by atoms with E-state index in [9.17, 15) is 13.2 Å². The number of anilines is 1. The highest BCUT2D eigenvalue weighted by molar-refractivity contribution is 7.98. The van der Waals surface area contributed by atoms with Crippen LogP contribution in [-0.2, 0) is 15.8 Å². The Morgan fingerprint density at radius 2 is 1.83 bits per heavy atom. The summed E-state index contributed by atoms with van der Waals surface area (Å²) in [5, 5.41) is 7.82. The van der Waals surface area contributed by atoms with E-state index in [-0.39, 0.29) is 11.7 Å². The van der Waals surface area contributed by atoms with Gasteiger partial charge in [-0.25, -0.2) is 13.6 Å². The number of aryl methyl sites for hydroxylation is 1. The number of benzene rings is 2. The van der Waals surface area contributed by atoms with Crippen LogP contribution in [0.3, 0.4) is 0 Å².